The molecule has 0 radical (unpaired) electrons. The molecule has 3 aromatic carbocycles. The highest BCUT2D eigenvalue weighted by molar-refractivity contribution is 6.08. The Bertz CT molecular complexity index is 1270. The van der Waals surface area contributed by atoms with Crippen LogP contribution in [0.4, 0.5) is 17.1 Å². The fourth-order valence-electron chi connectivity index (χ4n) is 3.22. The van der Waals surface area contributed by atoms with Gasteiger partial charge in [-0.25, -0.2) is 4.79 Å². The molecule has 182 valence electrons. The van der Waals surface area contributed by atoms with Crippen molar-refractivity contribution in [1.82, 2.24) is 0 Å². The van der Waals surface area contributed by atoms with E-state index in [-0.39, 0.29) is 22.6 Å². The first-order valence-electron chi connectivity index (χ1n) is 10.3. The minimum absolute atomic E-state index is 0.271. The molecular weight excluding hydrogens is 454 g/mol. The van der Waals surface area contributed by atoms with Crippen LogP contribution in [-0.2, 0) is 4.74 Å². The molecule has 0 saturated heterocycles. The SMILES string of the molecule is COC(=O)c1ccc(NC(=O)c2ccc(NC(=O)c3ccc(N)c(OC)c3)c(OC)c2)c(OC)c1. The van der Waals surface area contributed by atoms with E-state index in [1.165, 1.54) is 64.8 Å². The van der Waals surface area contributed by atoms with Gasteiger partial charge in [-0.1, -0.05) is 0 Å². The number of nitrogen functional groups attached to an aromatic ring is 1. The van der Waals surface area contributed by atoms with E-state index in [9.17, 15) is 14.4 Å². The van der Waals surface area contributed by atoms with E-state index in [1.54, 1.807) is 18.2 Å². The second-order valence-corrected chi connectivity index (χ2v) is 7.19. The molecule has 0 fully saturated rings. The minimum Gasteiger partial charge on any atom is -0.495 e. The average molecular weight is 479 g/mol. The van der Waals surface area contributed by atoms with Crippen molar-refractivity contribution in [3.8, 4) is 17.2 Å². The highest BCUT2D eigenvalue weighted by atomic mass is 16.5. The molecule has 10 nitrogen and oxygen atoms in total. The van der Waals surface area contributed by atoms with Gasteiger partial charge in [-0.2, -0.15) is 0 Å². The fourth-order valence-corrected chi connectivity index (χ4v) is 3.22. The Hall–Kier alpha value is -4.73. The van der Waals surface area contributed by atoms with Crippen LogP contribution < -0.4 is 30.6 Å². The lowest BCUT2D eigenvalue weighted by atomic mass is 10.1. The maximum atomic E-state index is 12.9. The highest BCUT2D eigenvalue weighted by Gasteiger charge is 2.17. The second kappa shape index (κ2) is 10.9. The van der Waals surface area contributed by atoms with Gasteiger partial charge < -0.3 is 35.3 Å². The summed E-state index contributed by atoms with van der Waals surface area (Å²) >= 11 is 0. The average Bonchev–Trinajstić information content (AvgIpc) is 2.88. The number of benzene rings is 3. The van der Waals surface area contributed by atoms with Gasteiger partial charge in [0.2, 0.25) is 0 Å². The van der Waals surface area contributed by atoms with Gasteiger partial charge in [0.1, 0.15) is 17.2 Å². The molecule has 0 aromatic heterocycles. The molecule has 2 amide bonds. The second-order valence-electron chi connectivity index (χ2n) is 7.19. The molecule has 0 unspecified atom stereocenters. The maximum Gasteiger partial charge on any atom is 0.337 e. The van der Waals surface area contributed by atoms with Gasteiger partial charge in [-0.3, -0.25) is 9.59 Å². The molecule has 3 aromatic rings. The molecule has 0 spiro atoms. The van der Waals surface area contributed by atoms with Crippen LogP contribution in [0.15, 0.2) is 54.6 Å². The van der Waals surface area contributed by atoms with Crippen LogP contribution in [0, 0.1) is 0 Å². The molecule has 3 rings (SSSR count). The molecular formula is C25H25N3O7. The van der Waals surface area contributed by atoms with E-state index in [4.69, 9.17) is 24.7 Å². The summed E-state index contributed by atoms with van der Waals surface area (Å²) in [5, 5.41) is 5.48. The van der Waals surface area contributed by atoms with E-state index in [0.717, 1.165) is 0 Å². The van der Waals surface area contributed by atoms with Gasteiger partial charge in [0.15, 0.2) is 0 Å². The molecule has 0 aliphatic rings. The summed E-state index contributed by atoms with van der Waals surface area (Å²) in [6.45, 7) is 0. The third-order valence-electron chi connectivity index (χ3n) is 5.08. The lowest BCUT2D eigenvalue weighted by molar-refractivity contribution is 0.0600. The van der Waals surface area contributed by atoms with Gasteiger partial charge in [-0.15, -0.1) is 0 Å². The number of anilines is 3. The van der Waals surface area contributed by atoms with Crippen LogP contribution in [-0.4, -0.2) is 46.2 Å². The lowest BCUT2D eigenvalue weighted by Crippen LogP contribution is -2.15. The predicted octanol–water partition coefficient (Wildman–Crippen LogP) is 3.59. The first-order chi connectivity index (χ1) is 16.8. The van der Waals surface area contributed by atoms with Gasteiger partial charge in [0.25, 0.3) is 11.8 Å². The van der Waals surface area contributed by atoms with Gasteiger partial charge in [-0.05, 0) is 54.6 Å². The smallest absolute Gasteiger partial charge is 0.337 e. The Labute approximate surface area is 201 Å². The summed E-state index contributed by atoms with van der Waals surface area (Å²) in [6, 6.07) is 13.8. The van der Waals surface area contributed by atoms with E-state index in [1.807, 2.05) is 0 Å². The quantitative estimate of drug-likeness (QED) is 0.329. The number of nitrogens with two attached hydrogens (primary N) is 1. The van der Waals surface area contributed by atoms with E-state index >= 15 is 0 Å². The Kier molecular flexibility index (Phi) is 7.77. The zero-order valence-corrected chi connectivity index (χ0v) is 19.6. The van der Waals surface area contributed by atoms with Crippen molar-refractivity contribution in [2.75, 3.05) is 44.8 Å². The summed E-state index contributed by atoms with van der Waals surface area (Å²) in [6.07, 6.45) is 0. The normalized spacial score (nSPS) is 10.2. The minimum atomic E-state index is -0.527. The zero-order chi connectivity index (χ0) is 25.5. The van der Waals surface area contributed by atoms with Crippen LogP contribution >= 0.6 is 0 Å². The number of hydrogen-bond acceptors (Lipinski definition) is 8. The molecule has 0 aliphatic carbocycles. The van der Waals surface area contributed by atoms with Crippen molar-refractivity contribution in [3.63, 3.8) is 0 Å². The van der Waals surface area contributed by atoms with E-state index in [2.05, 4.69) is 10.6 Å². The number of nitrogens with one attached hydrogen (secondary N) is 2. The van der Waals surface area contributed by atoms with Crippen LogP contribution in [0.25, 0.3) is 0 Å². The lowest BCUT2D eigenvalue weighted by Gasteiger charge is -2.14. The largest absolute Gasteiger partial charge is 0.495 e. The van der Waals surface area contributed by atoms with Crippen LogP contribution in [0.1, 0.15) is 31.1 Å². The number of methoxy groups -OCH3 is 4. The van der Waals surface area contributed by atoms with Crippen molar-refractivity contribution >= 4 is 34.8 Å². The molecule has 0 saturated carbocycles. The van der Waals surface area contributed by atoms with Crippen LogP contribution in [0.2, 0.25) is 0 Å². The Morgan fingerprint density at radius 1 is 0.629 bits per heavy atom. The van der Waals surface area contributed by atoms with Crippen molar-refractivity contribution in [2.45, 2.75) is 0 Å². The highest BCUT2D eigenvalue weighted by Crippen LogP contribution is 2.30. The Balaban J connectivity index is 1.79. The Morgan fingerprint density at radius 2 is 1.06 bits per heavy atom. The summed E-state index contributed by atoms with van der Waals surface area (Å²) in [5.74, 6) is -0.437. The van der Waals surface area contributed by atoms with Crippen molar-refractivity contribution in [1.29, 1.82) is 0 Å². The summed E-state index contributed by atoms with van der Waals surface area (Å²) in [4.78, 5) is 37.3. The van der Waals surface area contributed by atoms with Crippen molar-refractivity contribution < 1.29 is 33.3 Å². The molecule has 0 heterocycles. The van der Waals surface area contributed by atoms with Gasteiger partial charge in [0.05, 0.1) is 51.1 Å². The van der Waals surface area contributed by atoms with Crippen molar-refractivity contribution in [2.24, 2.45) is 0 Å². The predicted molar refractivity (Wildman–Crippen MR) is 131 cm³/mol. The van der Waals surface area contributed by atoms with Gasteiger partial charge in [0, 0.05) is 11.1 Å². The monoisotopic (exact) mass is 479 g/mol. The standard InChI is InChI=1S/C25H25N3O7/c1-32-20-11-14(5-8-17(20)26)23(29)27-18-9-6-15(12-21(18)33-2)24(30)28-19-10-7-16(25(31)35-4)13-22(19)34-3/h5-13H,26H2,1-4H3,(H,27,29)(H,28,30). The third-order valence-corrected chi connectivity index (χ3v) is 5.08. The number of carbonyl (C=O) groups is 3. The molecule has 35 heavy (non-hydrogen) atoms. The zero-order valence-electron chi connectivity index (χ0n) is 19.6. The van der Waals surface area contributed by atoms with Crippen LogP contribution in [0.3, 0.4) is 0 Å². The summed E-state index contributed by atoms with van der Waals surface area (Å²) in [5.41, 5.74) is 7.82. The first kappa shape index (κ1) is 24.9. The van der Waals surface area contributed by atoms with E-state index < -0.39 is 17.8 Å². The van der Waals surface area contributed by atoms with Crippen LogP contribution in [0.5, 0.6) is 17.2 Å². The molecule has 4 N–H and O–H groups in total. The number of hydrogen-bond donors (Lipinski definition) is 3. The number of rotatable bonds is 8. The number of amides is 2. The topological polar surface area (TPSA) is 138 Å². The molecule has 10 heteroatoms. The number of ether oxygens (including phenoxy) is 4. The maximum absolute atomic E-state index is 12.9. The third kappa shape index (κ3) is 5.61. The van der Waals surface area contributed by atoms with E-state index in [0.29, 0.717) is 28.4 Å². The molecule has 0 atom stereocenters. The van der Waals surface area contributed by atoms with Crippen molar-refractivity contribution in [3.05, 3.63) is 71.3 Å². The fraction of sp³-hybridized carbons (Fsp3) is 0.160. The summed E-state index contributed by atoms with van der Waals surface area (Å²) < 4.78 is 20.5. The number of esters is 1. The molecule has 0 aliphatic heterocycles. The number of carbonyl (C=O) groups excluding carboxylic acids is 3. The van der Waals surface area contributed by atoms with Gasteiger partial charge >= 0.3 is 5.97 Å². The first-order valence-corrected chi connectivity index (χ1v) is 10.3. The molecule has 0 bridgehead atoms. The Morgan fingerprint density at radius 3 is 1.54 bits per heavy atom. The summed E-state index contributed by atoms with van der Waals surface area (Å²) in [7, 11) is 5.58.